The molecule has 98 valence electrons. The maximum absolute atomic E-state index is 10.9. The van der Waals surface area contributed by atoms with Gasteiger partial charge in [-0.05, 0) is 32.4 Å². The highest BCUT2D eigenvalue weighted by molar-refractivity contribution is 5.41. The van der Waals surface area contributed by atoms with Gasteiger partial charge in [-0.25, -0.2) is 4.98 Å². The second kappa shape index (κ2) is 5.77. The van der Waals surface area contributed by atoms with Gasteiger partial charge in [0.2, 0.25) is 0 Å². The quantitative estimate of drug-likeness (QED) is 0.652. The minimum atomic E-state index is -0.462. The molecular weight excluding hydrogens is 234 g/mol. The Morgan fingerprint density at radius 3 is 3.06 bits per heavy atom. The first-order valence-electron chi connectivity index (χ1n) is 6.15. The van der Waals surface area contributed by atoms with Gasteiger partial charge in [0.15, 0.2) is 0 Å². The summed E-state index contributed by atoms with van der Waals surface area (Å²) in [5.41, 5.74) is 0.642. The van der Waals surface area contributed by atoms with Crippen LogP contribution in [0.5, 0.6) is 5.88 Å². The molecule has 1 atom stereocenters. The second-order valence-corrected chi connectivity index (χ2v) is 4.49. The molecule has 0 amide bonds. The molecule has 0 spiro atoms. The Morgan fingerprint density at radius 1 is 1.56 bits per heavy atom. The number of aromatic nitrogens is 1. The van der Waals surface area contributed by atoms with Crippen molar-refractivity contribution in [2.24, 2.45) is 0 Å². The predicted molar refractivity (Wildman–Crippen MR) is 66.8 cm³/mol. The Hall–Kier alpha value is -1.69. The summed E-state index contributed by atoms with van der Waals surface area (Å²) in [7, 11) is 0. The van der Waals surface area contributed by atoms with Gasteiger partial charge in [0.25, 0.3) is 5.88 Å². The number of hydrogen-bond acceptors (Lipinski definition) is 5. The van der Waals surface area contributed by atoms with E-state index in [0.29, 0.717) is 12.3 Å². The molecule has 0 aliphatic carbocycles. The third-order valence-corrected chi connectivity index (χ3v) is 3.01. The summed E-state index contributed by atoms with van der Waals surface area (Å²) in [6.45, 7) is 3.20. The monoisotopic (exact) mass is 251 g/mol. The molecule has 1 unspecified atom stereocenters. The van der Waals surface area contributed by atoms with Crippen molar-refractivity contribution in [2.45, 2.75) is 32.2 Å². The predicted octanol–water partition coefficient (Wildman–Crippen LogP) is 1.82. The molecule has 1 aromatic rings. The number of aryl methyl sites for hydroxylation is 1. The van der Waals surface area contributed by atoms with Crippen molar-refractivity contribution < 1.29 is 9.66 Å². The normalized spacial score (nSPS) is 19.5. The number of nitrogens with one attached hydrogen (secondary N) is 1. The van der Waals surface area contributed by atoms with Crippen LogP contribution in [-0.4, -0.2) is 29.1 Å². The van der Waals surface area contributed by atoms with Crippen LogP contribution in [0, 0.1) is 17.0 Å². The Morgan fingerprint density at radius 2 is 2.39 bits per heavy atom. The van der Waals surface area contributed by atoms with E-state index in [1.807, 2.05) is 0 Å². The van der Waals surface area contributed by atoms with E-state index in [9.17, 15) is 10.1 Å². The van der Waals surface area contributed by atoms with Crippen LogP contribution in [0.25, 0.3) is 0 Å². The molecule has 0 bridgehead atoms. The lowest BCUT2D eigenvalue weighted by Crippen LogP contribution is -2.38. The number of piperidine rings is 1. The van der Waals surface area contributed by atoms with E-state index in [0.717, 1.165) is 13.0 Å². The second-order valence-electron chi connectivity index (χ2n) is 4.49. The van der Waals surface area contributed by atoms with Gasteiger partial charge < -0.3 is 10.1 Å². The molecule has 1 aliphatic heterocycles. The third kappa shape index (κ3) is 3.16. The molecule has 1 saturated heterocycles. The van der Waals surface area contributed by atoms with E-state index < -0.39 is 4.92 Å². The van der Waals surface area contributed by atoms with Crippen molar-refractivity contribution in [1.29, 1.82) is 0 Å². The summed E-state index contributed by atoms with van der Waals surface area (Å²) in [4.78, 5) is 14.5. The van der Waals surface area contributed by atoms with Gasteiger partial charge in [-0.2, -0.15) is 0 Å². The van der Waals surface area contributed by atoms with Crippen LogP contribution < -0.4 is 10.1 Å². The molecule has 1 aliphatic rings. The minimum Gasteiger partial charge on any atom is -0.471 e. The molecule has 2 rings (SSSR count). The fourth-order valence-electron chi connectivity index (χ4n) is 2.02. The molecule has 0 saturated carbocycles. The maximum Gasteiger partial charge on any atom is 0.330 e. The van der Waals surface area contributed by atoms with Crippen molar-refractivity contribution in [3.63, 3.8) is 0 Å². The highest BCUT2D eigenvalue weighted by Gasteiger charge is 2.19. The minimum absolute atomic E-state index is 0.0728. The van der Waals surface area contributed by atoms with E-state index in [-0.39, 0.29) is 17.6 Å². The lowest BCUT2D eigenvalue weighted by atomic mass is 10.1. The number of nitrogens with zero attached hydrogens (tertiary/aromatic N) is 2. The van der Waals surface area contributed by atoms with Crippen molar-refractivity contribution in [3.8, 4) is 5.88 Å². The molecule has 1 fully saturated rings. The first kappa shape index (κ1) is 12.8. The Kier molecular flexibility index (Phi) is 4.09. The van der Waals surface area contributed by atoms with Gasteiger partial charge in [0.05, 0.1) is 4.92 Å². The van der Waals surface area contributed by atoms with Crippen LogP contribution in [0.4, 0.5) is 5.69 Å². The Labute approximate surface area is 106 Å². The van der Waals surface area contributed by atoms with Crippen LogP contribution in [0.15, 0.2) is 12.1 Å². The fraction of sp³-hybridized carbons (Fsp3) is 0.583. The van der Waals surface area contributed by atoms with E-state index in [4.69, 9.17) is 4.74 Å². The zero-order valence-corrected chi connectivity index (χ0v) is 10.4. The summed E-state index contributed by atoms with van der Waals surface area (Å²) in [5, 5.41) is 14.2. The summed E-state index contributed by atoms with van der Waals surface area (Å²) in [6, 6.07) is 3.32. The standard InChI is InChI=1S/C12H17N3O3/c1-9-5-6-11(15(16)17)12(14-9)18-8-10-4-2-3-7-13-10/h5-6,10,13H,2-4,7-8H2,1H3. The van der Waals surface area contributed by atoms with E-state index in [1.54, 1.807) is 13.0 Å². The van der Waals surface area contributed by atoms with Crippen LogP contribution in [0.3, 0.4) is 0 Å². The van der Waals surface area contributed by atoms with Gasteiger partial charge in [-0.3, -0.25) is 10.1 Å². The third-order valence-electron chi connectivity index (χ3n) is 3.01. The number of pyridine rings is 1. The molecule has 6 nitrogen and oxygen atoms in total. The Bertz CT molecular complexity index is 431. The first-order chi connectivity index (χ1) is 8.66. The number of ether oxygens (including phenoxy) is 1. The molecule has 1 aromatic heterocycles. The topological polar surface area (TPSA) is 77.3 Å². The van der Waals surface area contributed by atoms with Gasteiger partial charge >= 0.3 is 5.69 Å². The summed E-state index contributed by atoms with van der Waals surface area (Å²) in [5.74, 6) is 0.118. The molecule has 18 heavy (non-hydrogen) atoms. The van der Waals surface area contributed by atoms with Crippen molar-refractivity contribution in [3.05, 3.63) is 27.9 Å². The summed E-state index contributed by atoms with van der Waals surface area (Å²) < 4.78 is 5.50. The lowest BCUT2D eigenvalue weighted by molar-refractivity contribution is -0.386. The Balaban J connectivity index is 2.03. The van der Waals surface area contributed by atoms with Gasteiger partial charge in [0.1, 0.15) is 6.61 Å². The van der Waals surface area contributed by atoms with E-state index in [2.05, 4.69) is 10.3 Å². The fourth-order valence-corrected chi connectivity index (χ4v) is 2.02. The zero-order valence-electron chi connectivity index (χ0n) is 10.4. The average molecular weight is 251 g/mol. The smallest absolute Gasteiger partial charge is 0.330 e. The SMILES string of the molecule is Cc1ccc([N+](=O)[O-])c(OCC2CCCCN2)n1. The number of hydrogen-bond donors (Lipinski definition) is 1. The van der Waals surface area contributed by atoms with Crippen molar-refractivity contribution in [1.82, 2.24) is 10.3 Å². The first-order valence-corrected chi connectivity index (χ1v) is 6.15. The largest absolute Gasteiger partial charge is 0.471 e. The zero-order chi connectivity index (χ0) is 13.0. The number of rotatable bonds is 4. The lowest BCUT2D eigenvalue weighted by Gasteiger charge is -2.23. The molecule has 1 N–H and O–H groups in total. The van der Waals surface area contributed by atoms with Crippen LogP contribution in [-0.2, 0) is 0 Å². The highest BCUT2D eigenvalue weighted by atomic mass is 16.6. The van der Waals surface area contributed by atoms with Gasteiger partial charge in [-0.1, -0.05) is 6.42 Å². The summed E-state index contributed by atoms with van der Waals surface area (Å²) >= 11 is 0. The average Bonchev–Trinajstić information content (AvgIpc) is 2.37. The van der Waals surface area contributed by atoms with Crippen LogP contribution in [0.2, 0.25) is 0 Å². The highest BCUT2D eigenvalue weighted by Crippen LogP contribution is 2.24. The van der Waals surface area contributed by atoms with Crippen LogP contribution >= 0.6 is 0 Å². The number of nitro groups is 1. The maximum atomic E-state index is 10.9. The molecular formula is C12H17N3O3. The van der Waals surface area contributed by atoms with Gasteiger partial charge in [-0.15, -0.1) is 0 Å². The molecule has 0 aromatic carbocycles. The molecule has 6 heteroatoms. The molecule has 0 radical (unpaired) electrons. The van der Waals surface area contributed by atoms with Crippen molar-refractivity contribution >= 4 is 5.69 Å². The van der Waals surface area contributed by atoms with E-state index >= 15 is 0 Å². The van der Waals surface area contributed by atoms with Gasteiger partial charge in [0, 0.05) is 17.8 Å². The summed E-state index contributed by atoms with van der Waals surface area (Å²) in [6.07, 6.45) is 3.39. The van der Waals surface area contributed by atoms with Crippen LogP contribution in [0.1, 0.15) is 25.0 Å². The molecule has 2 heterocycles. The van der Waals surface area contributed by atoms with Crippen molar-refractivity contribution in [2.75, 3.05) is 13.2 Å². The van der Waals surface area contributed by atoms with E-state index in [1.165, 1.54) is 18.9 Å².